The molecule has 2 bridgehead atoms. The Morgan fingerprint density at radius 3 is 2.21 bits per heavy atom. The molecular formula is C30H48O3. The summed E-state index contributed by atoms with van der Waals surface area (Å²) < 4.78 is 6.17. The standard InChI is InChI=1S/C30H48O3/c1-19-20(31)7-8-21-26(19,3)10-9-22-27(21,4)12-13-29(6)23-17-25(2)11-15-30(23,24(32)33-18-25)16-14-28(22,29)5/h19,21-24,32H,7-18H2,1-6H3. The molecule has 5 aliphatic carbocycles. The van der Waals surface area contributed by atoms with Crippen molar-refractivity contribution >= 4 is 5.78 Å². The highest BCUT2D eigenvalue weighted by molar-refractivity contribution is 5.82. The second-order valence-electron chi connectivity index (χ2n) is 15.2. The molecule has 186 valence electrons. The van der Waals surface area contributed by atoms with E-state index in [0.29, 0.717) is 28.4 Å². The Hall–Kier alpha value is -0.410. The number of hydrogen-bond donors (Lipinski definition) is 1. The molecule has 0 radical (unpaired) electrons. The van der Waals surface area contributed by atoms with Crippen molar-refractivity contribution in [2.45, 2.75) is 118 Å². The van der Waals surface area contributed by atoms with Gasteiger partial charge in [0.2, 0.25) is 0 Å². The number of aliphatic hydroxyl groups excluding tert-OH is 1. The van der Waals surface area contributed by atoms with Crippen LogP contribution in [0.2, 0.25) is 0 Å². The highest BCUT2D eigenvalue weighted by atomic mass is 16.6. The van der Waals surface area contributed by atoms with E-state index in [1.807, 2.05) is 0 Å². The lowest BCUT2D eigenvalue weighted by molar-refractivity contribution is -0.283. The first-order valence-corrected chi connectivity index (χ1v) is 14.2. The second-order valence-corrected chi connectivity index (χ2v) is 15.2. The zero-order chi connectivity index (χ0) is 23.7. The minimum atomic E-state index is -0.582. The van der Waals surface area contributed by atoms with E-state index >= 15 is 0 Å². The van der Waals surface area contributed by atoms with Crippen molar-refractivity contribution in [1.29, 1.82) is 0 Å². The van der Waals surface area contributed by atoms with E-state index in [1.165, 1.54) is 44.9 Å². The zero-order valence-electron chi connectivity index (χ0n) is 22.1. The lowest BCUT2D eigenvalue weighted by Crippen LogP contribution is -2.68. The number of rotatable bonds is 0. The van der Waals surface area contributed by atoms with Crippen molar-refractivity contribution in [2.24, 2.45) is 56.2 Å². The van der Waals surface area contributed by atoms with E-state index in [-0.39, 0.29) is 27.6 Å². The average molecular weight is 457 g/mol. The first-order valence-electron chi connectivity index (χ1n) is 14.2. The molecule has 5 saturated carbocycles. The first-order chi connectivity index (χ1) is 15.3. The number of carbonyl (C=O) groups excluding carboxylic acids is 1. The monoisotopic (exact) mass is 456 g/mol. The minimum absolute atomic E-state index is 0.0348. The van der Waals surface area contributed by atoms with Crippen molar-refractivity contribution in [3.63, 3.8) is 0 Å². The van der Waals surface area contributed by atoms with Crippen molar-refractivity contribution in [3.8, 4) is 0 Å². The van der Waals surface area contributed by atoms with Crippen molar-refractivity contribution in [1.82, 2.24) is 0 Å². The molecule has 7 aliphatic rings. The van der Waals surface area contributed by atoms with Gasteiger partial charge >= 0.3 is 0 Å². The number of ketones is 1. The van der Waals surface area contributed by atoms with Crippen LogP contribution in [0.15, 0.2) is 0 Å². The molecule has 0 amide bonds. The van der Waals surface area contributed by atoms with Gasteiger partial charge in [-0.3, -0.25) is 4.79 Å². The van der Waals surface area contributed by atoms with Gasteiger partial charge in [-0.2, -0.15) is 0 Å². The van der Waals surface area contributed by atoms with Gasteiger partial charge in [-0.25, -0.2) is 0 Å². The van der Waals surface area contributed by atoms with Crippen molar-refractivity contribution in [2.75, 3.05) is 6.61 Å². The molecule has 2 heterocycles. The Morgan fingerprint density at radius 1 is 0.788 bits per heavy atom. The van der Waals surface area contributed by atoms with Gasteiger partial charge in [0.1, 0.15) is 5.78 Å². The predicted molar refractivity (Wildman–Crippen MR) is 130 cm³/mol. The highest BCUT2D eigenvalue weighted by Crippen LogP contribution is 2.79. The van der Waals surface area contributed by atoms with Gasteiger partial charge in [0, 0.05) is 17.8 Å². The van der Waals surface area contributed by atoms with Crippen LogP contribution in [0.5, 0.6) is 0 Å². The molecule has 0 aromatic carbocycles. The zero-order valence-corrected chi connectivity index (χ0v) is 22.1. The summed E-state index contributed by atoms with van der Waals surface area (Å²) in [4.78, 5) is 12.7. The van der Waals surface area contributed by atoms with Crippen LogP contribution < -0.4 is 0 Å². The van der Waals surface area contributed by atoms with Crippen LogP contribution in [0.3, 0.4) is 0 Å². The second kappa shape index (κ2) is 6.67. The molecule has 3 heteroatoms. The smallest absolute Gasteiger partial charge is 0.160 e. The summed E-state index contributed by atoms with van der Waals surface area (Å²) in [6.45, 7) is 15.8. The van der Waals surface area contributed by atoms with Gasteiger partial charge in [0.05, 0.1) is 6.61 Å². The molecule has 3 nitrogen and oxygen atoms in total. The third-order valence-electron chi connectivity index (χ3n) is 14.3. The van der Waals surface area contributed by atoms with E-state index in [2.05, 4.69) is 41.5 Å². The van der Waals surface area contributed by atoms with E-state index in [0.717, 1.165) is 38.2 Å². The highest BCUT2D eigenvalue weighted by Gasteiger charge is 2.73. The van der Waals surface area contributed by atoms with E-state index in [9.17, 15) is 9.90 Å². The summed E-state index contributed by atoms with van der Waals surface area (Å²) in [5, 5.41) is 11.3. The summed E-state index contributed by atoms with van der Waals surface area (Å²) in [6.07, 6.45) is 12.3. The van der Waals surface area contributed by atoms with Gasteiger partial charge < -0.3 is 9.84 Å². The van der Waals surface area contributed by atoms with Gasteiger partial charge in [-0.1, -0.05) is 41.5 Å². The topological polar surface area (TPSA) is 46.5 Å². The number of ether oxygens (including phenoxy) is 1. The number of Topliss-reactive ketones (excluding diaryl/α,β-unsaturated/α-hetero) is 1. The van der Waals surface area contributed by atoms with Crippen LogP contribution in [0.25, 0.3) is 0 Å². The Bertz CT molecular complexity index is 869. The number of hydrogen-bond acceptors (Lipinski definition) is 3. The van der Waals surface area contributed by atoms with Crippen LogP contribution in [0.1, 0.15) is 112 Å². The average Bonchev–Trinajstić information content (AvgIpc) is 2.96. The maximum Gasteiger partial charge on any atom is 0.160 e. The fraction of sp³-hybridized carbons (Fsp3) is 0.967. The molecule has 7 fully saturated rings. The third kappa shape index (κ3) is 2.58. The fourth-order valence-corrected chi connectivity index (χ4v) is 11.8. The predicted octanol–water partition coefficient (Wildman–Crippen LogP) is 6.77. The Labute approximate surface area is 201 Å². The van der Waals surface area contributed by atoms with Crippen LogP contribution in [0, 0.1) is 56.2 Å². The molecule has 1 spiro atoms. The van der Waals surface area contributed by atoms with Crippen LogP contribution in [-0.2, 0) is 9.53 Å². The van der Waals surface area contributed by atoms with Gasteiger partial charge in [0.15, 0.2) is 6.29 Å². The maximum absolute atomic E-state index is 12.7. The summed E-state index contributed by atoms with van der Waals surface area (Å²) in [5.41, 5.74) is 1.27. The maximum atomic E-state index is 12.7. The lowest BCUT2D eigenvalue weighted by Gasteiger charge is -2.74. The van der Waals surface area contributed by atoms with Crippen molar-refractivity contribution < 1.29 is 14.6 Å². The molecular weight excluding hydrogens is 408 g/mol. The largest absolute Gasteiger partial charge is 0.367 e. The molecule has 2 saturated heterocycles. The molecule has 11 atom stereocenters. The summed E-state index contributed by atoms with van der Waals surface area (Å²) >= 11 is 0. The minimum Gasteiger partial charge on any atom is -0.367 e. The molecule has 2 aliphatic heterocycles. The fourth-order valence-electron chi connectivity index (χ4n) is 11.8. The van der Waals surface area contributed by atoms with Crippen molar-refractivity contribution in [3.05, 3.63) is 0 Å². The molecule has 0 aromatic rings. The lowest BCUT2D eigenvalue weighted by atomic mass is 9.30. The number of aliphatic hydroxyl groups is 1. The number of carbonyl (C=O) groups is 1. The Morgan fingerprint density at radius 2 is 1.45 bits per heavy atom. The van der Waals surface area contributed by atoms with Gasteiger partial charge in [-0.15, -0.1) is 0 Å². The molecule has 33 heavy (non-hydrogen) atoms. The molecule has 7 rings (SSSR count). The van der Waals surface area contributed by atoms with Gasteiger partial charge in [-0.05, 0) is 109 Å². The third-order valence-corrected chi connectivity index (χ3v) is 14.3. The van der Waals surface area contributed by atoms with Crippen LogP contribution in [-0.4, -0.2) is 23.8 Å². The Kier molecular flexibility index (Phi) is 4.65. The summed E-state index contributed by atoms with van der Waals surface area (Å²) in [7, 11) is 0. The quantitative estimate of drug-likeness (QED) is 0.438. The first kappa shape index (κ1) is 23.0. The molecule has 1 N–H and O–H groups in total. The SMILES string of the molecule is CC1C(=O)CCC2C1(C)CCC1C2(C)CCC2(C)C3CC4(C)CCC3(CCC12C)C(O)OC4. The molecule has 11 unspecified atom stereocenters. The van der Waals surface area contributed by atoms with E-state index in [1.54, 1.807) is 0 Å². The van der Waals surface area contributed by atoms with E-state index < -0.39 is 6.29 Å². The summed E-state index contributed by atoms with van der Waals surface area (Å²) in [6, 6.07) is 0. The normalized spacial score (nSPS) is 62.5. The van der Waals surface area contributed by atoms with Gasteiger partial charge in [0.25, 0.3) is 0 Å². The Balaban J connectivity index is 1.41. The van der Waals surface area contributed by atoms with Crippen LogP contribution >= 0.6 is 0 Å². The number of fused-ring (bicyclic) bond motifs is 8. The molecule has 0 aromatic heterocycles. The van der Waals surface area contributed by atoms with E-state index in [4.69, 9.17) is 4.74 Å². The van der Waals surface area contributed by atoms with Crippen LogP contribution in [0.4, 0.5) is 0 Å². The summed E-state index contributed by atoms with van der Waals surface area (Å²) in [5.74, 6) is 2.69.